The molecular weight excluding hydrogens is 170 g/mol. The fourth-order valence-electron chi connectivity index (χ4n) is 1.72. The molecule has 1 unspecified atom stereocenters. The Morgan fingerprint density at radius 1 is 1.83 bits per heavy atom. The van der Waals surface area contributed by atoms with Gasteiger partial charge in [0, 0.05) is 5.38 Å². The fourth-order valence-corrected chi connectivity index (χ4v) is 2.27. The quantitative estimate of drug-likeness (QED) is 0.779. The second-order valence-electron chi connectivity index (χ2n) is 3.44. The van der Waals surface area contributed by atoms with Gasteiger partial charge in [-0.1, -0.05) is 13.3 Å². The molecule has 0 aliphatic heterocycles. The molecule has 1 fully saturated rings. The van der Waals surface area contributed by atoms with Crippen molar-refractivity contribution in [3.05, 3.63) is 17.1 Å². The molecule has 1 aromatic heterocycles. The number of aliphatic hydroxyl groups excluding tert-OH is 1. The monoisotopic (exact) mass is 183 g/mol. The molecule has 12 heavy (non-hydrogen) atoms. The second kappa shape index (κ2) is 3.15. The molecule has 0 spiro atoms. The van der Waals surface area contributed by atoms with Crippen LogP contribution in [-0.2, 0) is 0 Å². The molecule has 0 aromatic carbocycles. The number of hydrogen-bond donors (Lipinski definition) is 1. The molecule has 0 saturated heterocycles. The van der Waals surface area contributed by atoms with Gasteiger partial charge in [0.25, 0.3) is 0 Å². The summed E-state index contributed by atoms with van der Waals surface area (Å²) >= 11 is 1.41. The van der Waals surface area contributed by atoms with Gasteiger partial charge < -0.3 is 5.11 Å². The third-order valence-corrected chi connectivity index (χ3v) is 3.24. The zero-order chi connectivity index (χ0) is 8.55. The summed E-state index contributed by atoms with van der Waals surface area (Å²) in [7, 11) is 0. The minimum absolute atomic E-state index is 0.304. The highest BCUT2D eigenvalue weighted by atomic mass is 32.1. The first-order chi connectivity index (χ1) is 5.83. The first-order valence-corrected chi connectivity index (χ1v) is 5.25. The van der Waals surface area contributed by atoms with Gasteiger partial charge in [-0.05, 0) is 35.9 Å². The zero-order valence-electron chi connectivity index (χ0n) is 7.10. The molecule has 3 heteroatoms. The van der Waals surface area contributed by atoms with E-state index in [0.29, 0.717) is 5.92 Å². The van der Waals surface area contributed by atoms with Gasteiger partial charge in [0.1, 0.15) is 6.10 Å². The number of rotatable bonds is 3. The van der Waals surface area contributed by atoms with E-state index in [4.69, 9.17) is 0 Å². The summed E-state index contributed by atoms with van der Waals surface area (Å²) < 4.78 is 4.14. The van der Waals surface area contributed by atoms with Gasteiger partial charge in [-0.2, -0.15) is 4.37 Å². The van der Waals surface area contributed by atoms with E-state index in [9.17, 15) is 5.11 Å². The average Bonchev–Trinajstić information content (AvgIpc) is 2.68. The Bertz CT molecular complexity index is 247. The summed E-state index contributed by atoms with van der Waals surface area (Å²) in [5, 5.41) is 11.7. The molecular formula is C9H13NOS. The molecule has 0 amide bonds. The van der Waals surface area contributed by atoms with Crippen LogP contribution >= 0.6 is 11.5 Å². The summed E-state index contributed by atoms with van der Waals surface area (Å²) in [5.74, 6) is 1.22. The van der Waals surface area contributed by atoms with Crippen molar-refractivity contribution in [2.45, 2.75) is 25.9 Å². The maximum absolute atomic E-state index is 9.79. The lowest BCUT2D eigenvalue weighted by atomic mass is 10.1. The SMILES string of the molecule is CC[C@@H]1C[C@H]1C(O)c1ccsn1. The van der Waals surface area contributed by atoms with E-state index >= 15 is 0 Å². The van der Waals surface area contributed by atoms with Crippen LogP contribution in [0.1, 0.15) is 31.6 Å². The largest absolute Gasteiger partial charge is 0.386 e. The smallest absolute Gasteiger partial charge is 0.100 e. The zero-order valence-corrected chi connectivity index (χ0v) is 7.92. The molecule has 1 saturated carbocycles. The Balaban J connectivity index is 1.99. The van der Waals surface area contributed by atoms with Crippen molar-refractivity contribution in [1.82, 2.24) is 4.37 Å². The van der Waals surface area contributed by atoms with Crippen LogP contribution in [0.25, 0.3) is 0 Å². The van der Waals surface area contributed by atoms with E-state index in [2.05, 4.69) is 11.3 Å². The first kappa shape index (κ1) is 8.20. The Labute approximate surface area is 76.4 Å². The molecule has 1 heterocycles. The normalized spacial score (nSPS) is 30.2. The second-order valence-corrected chi connectivity index (χ2v) is 4.10. The standard InChI is InChI=1S/C9H13NOS/c1-2-6-5-7(6)9(11)8-3-4-12-10-8/h3-4,6-7,9,11H,2,5H2,1H3/t6-,7-,9?/m1/s1. The molecule has 1 aliphatic carbocycles. The van der Waals surface area contributed by atoms with Crippen LogP contribution in [0.15, 0.2) is 11.4 Å². The van der Waals surface area contributed by atoms with E-state index in [-0.39, 0.29) is 6.10 Å². The topological polar surface area (TPSA) is 33.1 Å². The van der Waals surface area contributed by atoms with Gasteiger partial charge >= 0.3 is 0 Å². The van der Waals surface area contributed by atoms with E-state index in [0.717, 1.165) is 11.6 Å². The Morgan fingerprint density at radius 3 is 3.17 bits per heavy atom. The Hall–Kier alpha value is -0.410. The lowest BCUT2D eigenvalue weighted by Crippen LogP contribution is -2.01. The maximum Gasteiger partial charge on any atom is 0.100 e. The number of aromatic nitrogens is 1. The summed E-state index contributed by atoms with van der Waals surface area (Å²) in [6.07, 6.45) is 2.06. The third-order valence-electron chi connectivity index (χ3n) is 2.67. The molecule has 1 aromatic rings. The molecule has 66 valence electrons. The van der Waals surface area contributed by atoms with Gasteiger partial charge in [0.05, 0.1) is 5.69 Å². The third kappa shape index (κ3) is 1.39. The van der Waals surface area contributed by atoms with Crippen molar-refractivity contribution in [2.75, 3.05) is 0 Å². The van der Waals surface area contributed by atoms with E-state index in [1.54, 1.807) is 0 Å². The van der Waals surface area contributed by atoms with Crippen LogP contribution in [0.2, 0.25) is 0 Å². The summed E-state index contributed by atoms with van der Waals surface area (Å²) in [6, 6.07) is 1.92. The van der Waals surface area contributed by atoms with Gasteiger partial charge in [-0.25, -0.2) is 0 Å². The highest BCUT2D eigenvalue weighted by molar-refractivity contribution is 7.03. The predicted octanol–water partition coefficient (Wildman–Crippen LogP) is 2.22. The van der Waals surface area contributed by atoms with E-state index < -0.39 is 0 Å². The minimum atomic E-state index is -0.304. The van der Waals surface area contributed by atoms with Crippen LogP contribution < -0.4 is 0 Å². The fraction of sp³-hybridized carbons (Fsp3) is 0.667. The van der Waals surface area contributed by atoms with Gasteiger partial charge in [0.2, 0.25) is 0 Å². The highest BCUT2D eigenvalue weighted by Gasteiger charge is 2.41. The summed E-state index contributed by atoms with van der Waals surface area (Å²) in [4.78, 5) is 0. The summed E-state index contributed by atoms with van der Waals surface area (Å²) in [5.41, 5.74) is 0.862. The van der Waals surface area contributed by atoms with Crippen LogP contribution in [0.5, 0.6) is 0 Å². The average molecular weight is 183 g/mol. The number of hydrogen-bond acceptors (Lipinski definition) is 3. The molecule has 3 atom stereocenters. The number of nitrogens with zero attached hydrogens (tertiary/aromatic N) is 1. The Kier molecular flexibility index (Phi) is 2.15. The molecule has 2 rings (SSSR count). The van der Waals surface area contributed by atoms with Crippen molar-refractivity contribution >= 4 is 11.5 Å². The lowest BCUT2D eigenvalue weighted by Gasteiger charge is -2.05. The first-order valence-electron chi connectivity index (χ1n) is 4.41. The minimum Gasteiger partial charge on any atom is -0.386 e. The maximum atomic E-state index is 9.79. The molecule has 1 N–H and O–H groups in total. The van der Waals surface area contributed by atoms with E-state index in [1.165, 1.54) is 24.4 Å². The van der Waals surface area contributed by atoms with Crippen LogP contribution in [-0.4, -0.2) is 9.48 Å². The highest BCUT2D eigenvalue weighted by Crippen LogP contribution is 2.48. The van der Waals surface area contributed by atoms with Crippen molar-refractivity contribution in [3.63, 3.8) is 0 Å². The Morgan fingerprint density at radius 2 is 2.67 bits per heavy atom. The molecule has 0 radical (unpaired) electrons. The van der Waals surface area contributed by atoms with Crippen LogP contribution in [0, 0.1) is 11.8 Å². The molecule has 2 nitrogen and oxygen atoms in total. The predicted molar refractivity (Wildman–Crippen MR) is 49.0 cm³/mol. The van der Waals surface area contributed by atoms with Gasteiger partial charge in [-0.15, -0.1) is 0 Å². The van der Waals surface area contributed by atoms with Gasteiger partial charge in [0.15, 0.2) is 0 Å². The molecule has 1 aliphatic rings. The number of aliphatic hydroxyl groups is 1. The lowest BCUT2D eigenvalue weighted by molar-refractivity contribution is 0.143. The van der Waals surface area contributed by atoms with Crippen molar-refractivity contribution in [2.24, 2.45) is 11.8 Å². The van der Waals surface area contributed by atoms with Crippen LogP contribution in [0.4, 0.5) is 0 Å². The molecule has 0 bridgehead atoms. The van der Waals surface area contributed by atoms with Crippen molar-refractivity contribution < 1.29 is 5.11 Å². The van der Waals surface area contributed by atoms with E-state index in [1.807, 2.05) is 11.4 Å². The van der Waals surface area contributed by atoms with Crippen molar-refractivity contribution in [3.8, 4) is 0 Å². The van der Waals surface area contributed by atoms with Gasteiger partial charge in [-0.3, -0.25) is 0 Å². The van der Waals surface area contributed by atoms with Crippen molar-refractivity contribution in [1.29, 1.82) is 0 Å². The summed E-state index contributed by atoms with van der Waals surface area (Å²) in [6.45, 7) is 2.18. The van der Waals surface area contributed by atoms with Crippen LogP contribution in [0.3, 0.4) is 0 Å².